The van der Waals surface area contributed by atoms with E-state index >= 15 is 0 Å². The van der Waals surface area contributed by atoms with E-state index in [0.29, 0.717) is 5.95 Å². The second-order valence-corrected chi connectivity index (χ2v) is 8.69. The number of rotatable bonds is 5. The van der Waals surface area contributed by atoms with E-state index in [4.69, 9.17) is 9.97 Å². The van der Waals surface area contributed by atoms with E-state index in [0.717, 1.165) is 62.2 Å². The van der Waals surface area contributed by atoms with Gasteiger partial charge in [0, 0.05) is 37.3 Å². The van der Waals surface area contributed by atoms with Gasteiger partial charge in [0.2, 0.25) is 5.95 Å². The molecule has 6 nitrogen and oxygen atoms in total. The number of hydrogen-bond donors (Lipinski definition) is 2. The van der Waals surface area contributed by atoms with Gasteiger partial charge in [-0.05, 0) is 69.6 Å². The lowest BCUT2D eigenvalue weighted by atomic mass is 9.91. The minimum atomic E-state index is -1.01. The molecule has 2 aliphatic carbocycles. The van der Waals surface area contributed by atoms with Crippen molar-refractivity contribution in [1.29, 1.82) is 0 Å². The predicted molar refractivity (Wildman–Crippen MR) is 116 cm³/mol. The maximum atomic E-state index is 13.4. The van der Waals surface area contributed by atoms with Gasteiger partial charge in [0.25, 0.3) is 5.91 Å². The summed E-state index contributed by atoms with van der Waals surface area (Å²) in [5, 5.41) is 6.43. The Hall–Kier alpha value is -2.77. The van der Waals surface area contributed by atoms with Crippen LogP contribution in [0, 0.1) is 11.6 Å². The summed E-state index contributed by atoms with van der Waals surface area (Å²) in [6.07, 6.45) is 7.74. The van der Waals surface area contributed by atoms with Crippen molar-refractivity contribution >= 4 is 17.7 Å². The van der Waals surface area contributed by atoms with Crippen molar-refractivity contribution in [2.75, 3.05) is 24.3 Å². The number of amides is 1. The molecule has 8 heteroatoms. The van der Waals surface area contributed by atoms with Gasteiger partial charge in [0.1, 0.15) is 5.82 Å². The van der Waals surface area contributed by atoms with Crippen LogP contribution in [0.15, 0.2) is 18.2 Å². The molecule has 1 aromatic carbocycles. The Bertz CT molecular complexity index is 957. The third-order valence-corrected chi connectivity index (χ3v) is 6.16. The number of aryl methyl sites for hydroxylation is 1. The van der Waals surface area contributed by atoms with Crippen LogP contribution in [0.2, 0.25) is 0 Å². The Morgan fingerprint density at radius 3 is 2.42 bits per heavy atom. The number of nitrogens with one attached hydrogen (secondary N) is 2. The largest absolute Gasteiger partial charge is 0.362 e. The van der Waals surface area contributed by atoms with E-state index in [9.17, 15) is 13.6 Å². The molecule has 0 unspecified atom stereocenters. The molecule has 2 N–H and O–H groups in total. The van der Waals surface area contributed by atoms with Gasteiger partial charge in [-0.2, -0.15) is 4.98 Å². The van der Waals surface area contributed by atoms with E-state index in [2.05, 4.69) is 15.5 Å². The first-order valence-electron chi connectivity index (χ1n) is 11.0. The Morgan fingerprint density at radius 1 is 1.00 bits per heavy atom. The number of benzene rings is 1. The van der Waals surface area contributed by atoms with Crippen LogP contribution >= 0.6 is 0 Å². The van der Waals surface area contributed by atoms with Crippen molar-refractivity contribution in [3.8, 4) is 0 Å². The normalized spacial score (nSPS) is 20.6. The van der Waals surface area contributed by atoms with Gasteiger partial charge in [-0.25, -0.2) is 13.8 Å². The van der Waals surface area contributed by atoms with Crippen molar-refractivity contribution in [1.82, 2.24) is 15.3 Å². The summed E-state index contributed by atoms with van der Waals surface area (Å²) < 4.78 is 26.5. The Morgan fingerprint density at radius 2 is 1.71 bits per heavy atom. The third-order valence-electron chi connectivity index (χ3n) is 6.16. The lowest BCUT2D eigenvalue weighted by Gasteiger charge is -2.30. The molecule has 0 spiro atoms. The van der Waals surface area contributed by atoms with E-state index in [-0.39, 0.29) is 23.6 Å². The number of nitrogens with zero attached hydrogens (tertiary/aromatic N) is 3. The van der Waals surface area contributed by atoms with Crippen LogP contribution in [0.5, 0.6) is 0 Å². The number of carbonyl (C=O) groups is 1. The number of hydrogen-bond acceptors (Lipinski definition) is 5. The van der Waals surface area contributed by atoms with Crippen LogP contribution in [-0.4, -0.2) is 42.1 Å². The topological polar surface area (TPSA) is 70.2 Å². The Kier molecular flexibility index (Phi) is 6.34. The zero-order chi connectivity index (χ0) is 22.0. The molecule has 0 aliphatic heterocycles. The summed E-state index contributed by atoms with van der Waals surface area (Å²) in [5.74, 6) is -0.657. The molecule has 4 rings (SSSR count). The molecular formula is C23H29F2N5O. The van der Waals surface area contributed by atoms with E-state index in [1.807, 2.05) is 14.1 Å². The highest BCUT2D eigenvalue weighted by molar-refractivity contribution is 5.94. The molecule has 166 valence electrons. The zero-order valence-corrected chi connectivity index (χ0v) is 18.0. The maximum absolute atomic E-state index is 13.4. The summed E-state index contributed by atoms with van der Waals surface area (Å²) in [6, 6.07) is 3.48. The van der Waals surface area contributed by atoms with Gasteiger partial charge in [-0.1, -0.05) is 0 Å². The fourth-order valence-corrected chi connectivity index (χ4v) is 4.48. The third kappa shape index (κ3) is 4.94. The fourth-order valence-electron chi connectivity index (χ4n) is 4.48. The van der Waals surface area contributed by atoms with Crippen LogP contribution < -0.4 is 15.5 Å². The molecule has 0 radical (unpaired) electrons. The molecule has 2 aromatic rings. The minimum absolute atomic E-state index is 0.0143. The van der Waals surface area contributed by atoms with Crippen LogP contribution in [-0.2, 0) is 12.8 Å². The average molecular weight is 430 g/mol. The van der Waals surface area contributed by atoms with E-state index < -0.39 is 11.6 Å². The zero-order valence-electron chi connectivity index (χ0n) is 18.0. The van der Waals surface area contributed by atoms with Crippen molar-refractivity contribution in [2.45, 2.75) is 63.5 Å². The lowest BCUT2D eigenvalue weighted by molar-refractivity contribution is 0.0926. The van der Waals surface area contributed by atoms with Gasteiger partial charge in [-0.15, -0.1) is 0 Å². The van der Waals surface area contributed by atoms with Crippen molar-refractivity contribution in [2.24, 2.45) is 0 Å². The molecule has 1 fully saturated rings. The lowest BCUT2D eigenvalue weighted by Crippen LogP contribution is -2.40. The van der Waals surface area contributed by atoms with Gasteiger partial charge in [0.15, 0.2) is 11.6 Å². The molecule has 0 atom stereocenters. The number of fused-ring (bicyclic) bond motifs is 1. The van der Waals surface area contributed by atoms with Crippen molar-refractivity contribution in [3.05, 3.63) is 46.7 Å². The van der Waals surface area contributed by atoms with Crippen LogP contribution in [0.1, 0.15) is 60.1 Å². The first kappa shape index (κ1) is 21.5. The number of halogens is 2. The maximum Gasteiger partial charge on any atom is 0.251 e. The fraction of sp³-hybridized carbons (Fsp3) is 0.522. The van der Waals surface area contributed by atoms with Gasteiger partial charge >= 0.3 is 0 Å². The van der Waals surface area contributed by atoms with Gasteiger partial charge in [-0.3, -0.25) is 4.79 Å². The molecule has 1 aromatic heterocycles. The smallest absolute Gasteiger partial charge is 0.251 e. The molecule has 0 saturated heterocycles. The number of anilines is 2. The summed E-state index contributed by atoms with van der Waals surface area (Å²) >= 11 is 0. The quantitative estimate of drug-likeness (QED) is 0.756. The van der Waals surface area contributed by atoms with Crippen molar-refractivity contribution in [3.63, 3.8) is 0 Å². The monoisotopic (exact) mass is 429 g/mol. The molecular weight excluding hydrogens is 400 g/mol. The SMILES string of the molecule is CN(C)c1nc(N[C@H]2CC[C@@H](NC(=O)c3ccc(F)c(F)c3)CC2)nc2c1CCCC2. The van der Waals surface area contributed by atoms with E-state index in [1.165, 1.54) is 24.5 Å². The van der Waals surface area contributed by atoms with Gasteiger partial charge in [0.05, 0.1) is 5.69 Å². The molecule has 1 saturated carbocycles. The summed E-state index contributed by atoms with van der Waals surface area (Å²) in [5.41, 5.74) is 2.56. The van der Waals surface area contributed by atoms with E-state index in [1.54, 1.807) is 0 Å². The number of aromatic nitrogens is 2. The predicted octanol–water partition coefficient (Wildman–Crippen LogP) is 3.85. The molecule has 1 amide bonds. The molecule has 2 aliphatic rings. The summed E-state index contributed by atoms with van der Waals surface area (Å²) in [7, 11) is 4.03. The summed E-state index contributed by atoms with van der Waals surface area (Å²) in [4.78, 5) is 24.0. The molecule has 31 heavy (non-hydrogen) atoms. The Labute approximate surface area is 181 Å². The molecule has 1 heterocycles. The molecule has 0 bridgehead atoms. The average Bonchev–Trinajstić information content (AvgIpc) is 2.76. The second kappa shape index (κ2) is 9.16. The highest BCUT2D eigenvalue weighted by Crippen LogP contribution is 2.29. The first-order valence-corrected chi connectivity index (χ1v) is 11.0. The standard InChI is InChI=1S/C23H29F2N5O/c1-30(2)21-17-5-3-4-6-20(17)28-23(29-21)27-16-10-8-15(9-11-16)26-22(31)14-7-12-18(24)19(25)13-14/h7,12-13,15-16H,3-6,8-11H2,1-2H3,(H,26,31)(H,27,28,29)/t15-,16+. The first-order chi connectivity index (χ1) is 14.9. The highest BCUT2D eigenvalue weighted by Gasteiger charge is 2.25. The minimum Gasteiger partial charge on any atom is -0.362 e. The second-order valence-electron chi connectivity index (χ2n) is 8.69. The van der Waals surface area contributed by atoms with Crippen LogP contribution in [0.3, 0.4) is 0 Å². The Balaban J connectivity index is 1.34. The van der Waals surface area contributed by atoms with Gasteiger partial charge < -0.3 is 15.5 Å². The summed E-state index contributed by atoms with van der Waals surface area (Å²) in [6.45, 7) is 0. The highest BCUT2D eigenvalue weighted by atomic mass is 19.2. The van der Waals surface area contributed by atoms with Crippen LogP contribution in [0.4, 0.5) is 20.5 Å². The van der Waals surface area contributed by atoms with Crippen molar-refractivity contribution < 1.29 is 13.6 Å². The number of carbonyl (C=O) groups excluding carboxylic acids is 1. The van der Waals surface area contributed by atoms with Crippen LogP contribution in [0.25, 0.3) is 0 Å².